The number of nitrogens with zero attached hydrogens (tertiary/aromatic N) is 1. The minimum atomic E-state index is -0.117. The highest BCUT2D eigenvalue weighted by Crippen LogP contribution is 2.30. The molecule has 0 aliphatic heterocycles. The van der Waals surface area contributed by atoms with Crippen molar-refractivity contribution in [1.29, 1.82) is 0 Å². The third kappa shape index (κ3) is 4.61. The molecule has 0 aliphatic rings. The Kier molecular flexibility index (Phi) is 6.36. The molecule has 1 heterocycles. The quantitative estimate of drug-likeness (QED) is 0.556. The lowest BCUT2D eigenvalue weighted by Crippen LogP contribution is -2.22. The van der Waals surface area contributed by atoms with Crippen LogP contribution in [-0.4, -0.2) is 24.3 Å². The van der Waals surface area contributed by atoms with Crippen molar-refractivity contribution in [3.63, 3.8) is 0 Å². The SMILES string of the molecule is COc1ccccc1Nc1nc(C)c(C(=O)NCc2ccccc2SC)s1. The molecule has 0 saturated carbocycles. The summed E-state index contributed by atoms with van der Waals surface area (Å²) < 4.78 is 5.34. The molecule has 0 bridgehead atoms. The van der Waals surface area contributed by atoms with Crippen LogP contribution < -0.4 is 15.4 Å². The predicted molar refractivity (Wildman–Crippen MR) is 113 cm³/mol. The summed E-state index contributed by atoms with van der Waals surface area (Å²) in [7, 11) is 1.62. The summed E-state index contributed by atoms with van der Waals surface area (Å²) in [6.45, 7) is 2.33. The van der Waals surface area contributed by atoms with E-state index >= 15 is 0 Å². The second-order valence-electron chi connectivity index (χ2n) is 5.75. The van der Waals surface area contributed by atoms with Crippen LogP contribution in [0.4, 0.5) is 10.8 Å². The van der Waals surface area contributed by atoms with Gasteiger partial charge in [-0.25, -0.2) is 4.98 Å². The van der Waals surface area contributed by atoms with E-state index in [1.807, 2.05) is 55.6 Å². The number of carbonyl (C=O) groups is 1. The molecule has 0 unspecified atom stereocenters. The zero-order chi connectivity index (χ0) is 19.2. The van der Waals surface area contributed by atoms with Gasteiger partial charge in [0.2, 0.25) is 0 Å². The van der Waals surface area contributed by atoms with Crippen molar-refractivity contribution < 1.29 is 9.53 Å². The average molecular weight is 400 g/mol. The maximum absolute atomic E-state index is 12.6. The van der Waals surface area contributed by atoms with Crippen LogP contribution >= 0.6 is 23.1 Å². The molecular weight excluding hydrogens is 378 g/mol. The number of hydrogen-bond acceptors (Lipinski definition) is 6. The van der Waals surface area contributed by atoms with Gasteiger partial charge in [0.1, 0.15) is 10.6 Å². The first-order valence-electron chi connectivity index (χ1n) is 8.40. The summed E-state index contributed by atoms with van der Waals surface area (Å²) >= 11 is 3.00. The first-order valence-corrected chi connectivity index (χ1v) is 10.4. The number of thiazole rings is 1. The molecule has 140 valence electrons. The fourth-order valence-corrected chi connectivity index (χ4v) is 4.14. The normalized spacial score (nSPS) is 10.5. The van der Waals surface area contributed by atoms with Crippen LogP contribution in [0.3, 0.4) is 0 Å². The van der Waals surface area contributed by atoms with Gasteiger partial charge in [0, 0.05) is 11.4 Å². The lowest BCUT2D eigenvalue weighted by atomic mass is 10.2. The monoisotopic (exact) mass is 399 g/mol. The lowest BCUT2D eigenvalue weighted by molar-refractivity contribution is 0.0954. The van der Waals surface area contributed by atoms with Crippen molar-refractivity contribution in [2.75, 3.05) is 18.7 Å². The number of ether oxygens (including phenoxy) is 1. The van der Waals surface area contributed by atoms with Crippen LogP contribution in [0.5, 0.6) is 5.75 Å². The van der Waals surface area contributed by atoms with Crippen LogP contribution in [0.25, 0.3) is 0 Å². The molecule has 0 radical (unpaired) electrons. The number of methoxy groups -OCH3 is 1. The number of aromatic nitrogens is 1. The Morgan fingerprint density at radius 1 is 1.19 bits per heavy atom. The van der Waals surface area contributed by atoms with Gasteiger partial charge in [-0.15, -0.1) is 11.8 Å². The largest absolute Gasteiger partial charge is 0.495 e. The second-order valence-corrected chi connectivity index (χ2v) is 7.60. The standard InChI is InChI=1S/C20H21N3O2S2/c1-13-18(19(24)21-12-14-8-4-7-11-17(14)26-3)27-20(22-13)23-15-9-5-6-10-16(15)25-2/h4-11H,12H2,1-3H3,(H,21,24)(H,22,23). The van der Waals surface area contributed by atoms with Crippen LogP contribution in [-0.2, 0) is 6.54 Å². The summed E-state index contributed by atoms with van der Waals surface area (Å²) in [5.74, 6) is 0.610. The van der Waals surface area contributed by atoms with E-state index in [1.54, 1.807) is 18.9 Å². The minimum Gasteiger partial charge on any atom is -0.495 e. The third-order valence-corrected chi connectivity index (χ3v) is 5.89. The molecule has 2 N–H and O–H groups in total. The number of anilines is 2. The minimum absolute atomic E-state index is 0.117. The third-order valence-electron chi connectivity index (χ3n) is 3.98. The number of hydrogen-bond donors (Lipinski definition) is 2. The van der Waals surface area contributed by atoms with Crippen molar-refractivity contribution in [2.45, 2.75) is 18.4 Å². The molecule has 3 aromatic rings. The number of carbonyl (C=O) groups excluding carboxylic acids is 1. The number of benzene rings is 2. The maximum atomic E-state index is 12.6. The number of aryl methyl sites for hydroxylation is 1. The highest BCUT2D eigenvalue weighted by molar-refractivity contribution is 7.98. The predicted octanol–water partition coefficient (Wildman–Crippen LogP) is 4.86. The van der Waals surface area contributed by atoms with Gasteiger partial charge in [0.05, 0.1) is 18.5 Å². The first kappa shape index (κ1) is 19.3. The zero-order valence-corrected chi connectivity index (χ0v) is 17.0. The Morgan fingerprint density at radius 2 is 1.93 bits per heavy atom. The van der Waals surface area contributed by atoms with Crippen molar-refractivity contribution in [3.05, 3.63) is 64.7 Å². The Labute approximate surface area is 167 Å². The molecule has 5 nitrogen and oxygen atoms in total. The van der Waals surface area contributed by atoms with E-state index in [1.165, 1.54) is 11.3 Å². The van der Waals surface area contributed by atoms with Crippen molar-refractivity contribution in [3.8, 4) is 5.75 Å². The molecule has 3 rings (SSSR count). The van der Waals surface area contributed by atoms with E-state index in [0.29, 0.717) is 22.2 Å². The fraction of sp³-hybridized carbons (Fsp3) is 0.200. The molecule has 1 aromatic heterocycles. The second kappa shape index (κ2) is 8.92. The van der Waals surface area contributed by atoms with Gasteiger partial charge in [-0.2, -0.15) is 0 Å². The van der Waals surface area contributed by atoms with E-state index in [9.17, 15) is 4.79 Å². The lowest BCUT2D eigenvalue weighted by Gasteiger charge is -2.08. The van der Waals surface area contributed by atoms with Crippen LogP contribution in [0, 0.1) is 6.92 Å². The average Bonchev–Trinajstić information content (AvgIpc) is 3.07. The van der Waals surface area contributed by atoms with Crippen LogP contribution in [0.15, 0.2) is 53.4 Å². The molecule has 0 spiro atoms. The summed E-state index contributed by atoms with van der Waals surface area (Å²) in [6.07, 6.45) is 2.03. The van der Waals surface area contributed by atoms with E-state index in [2.05, 4.69) is 21.7 Å². The van der Waals surface area contributed by atoms with Gasteiger partial charge in [0.25, 0.3) is 5.91 Å². The van der Waals surface area contributed by atoms with E-state index in [0.717, 1.165) is 21.9 Å². The first-order chi connectivity index (χ1) is 13.1. The topological polar surface area (TPSA) is 63.2 Å². The molecule has 1 amide bonds. The van der Waals surface area contributed by atoms with Crippen molar-refractivity contribution in [2.24, 2.45) is 0 Å². The van der Waals surface area contributed by atoms with Crippen LogP contribution in [0.1, 0.15) is 20.9 Å². The highest BCUT2D eigenvalue weighted by Gasteiger charge is 2.16. The number of nitrogens with one attached hydrogen (secondary N) is 2. The number of amides is 1. The molecule has 0 saturated heterocycles. The summed E-state index contributed by atoms with van der Waals surface area (Å²) in [6, 6.07) is 15.7. The molecule has 7 heteroatoms. The molecule has 0 atom stereocenters. The van der Waals surface area contributed by atoms with Crippen LogP contribution in [0.2, 0.25) is 0 Å². The molecule has 27 heavy (non-hydrogen) atoms. The van der Waals surface area contributed by atoms with E-state index in [-0.39, 0.29) is 5.91 Å². The number of rotatable bonds is 7. The highest BCUT2D eigenvalue weighted by atomic mass is 32.2. The summed E-state index contributed by atoms with van der Waals surface area (Å²) in [4.78, 5) is 18.9. The summed E-state index contributed by atoms with van der Waals surface area (Å²) in [5.41, 5.74) is 2.62. The molecule has 0 fully saturated rings. The number of para-hydroxylation sites is 2. The smallest absolute Gasteiger partial charge is 0.263 e. The zero-order valence-electron chi connectivity index (χ0n) is 15.4. The Bertz CT molecular complexity index is 940. The van der Waals surface area contributed by atoms with Gasteiger partial charge in [-0.05, 0) is 36.9 Å². The van der Waals surface area contributed by atoms with Gasteiger partial charge in [-0.1, -0.05) is 41.7 Å². The van der Waals surface area contributed by atoms with Crippen molar-refractivity contribution in [1.82, 2.24) is 10.3 Å². The van der Waals surface area contributed by atoms with Gasteiger partial charge >= 0.3 is 0 Å². The van der Waals surface area contributed by atoms with Gasteiger partial charge in [-0.3, -0.25) is 4.79 Å². The molecular formula is C20H21N3O2S2. The fourth-order valence-electron chi connectivity index (χ4n) is 2.63. The van der Waals surface area contributed by atoms with E-state index in [4.69, 9.17) is 4.74 Å². The van der Waals surface area contributed by atoms with Gasteiger partial charge in [0.15, 0.2) is 5.13 Å². The maximum Gasteiger partial charge on any atom is 0.263 e. The number of thioether (sulfide) groups is 1. The van der Waals surface area contributed by atoms with Crippen molar-refractivity contribution >= 4 is 39.8 Å². The Hall–Kier alpha value is -2.51. The molecule has 2 aromatic carbocycles. The van der Waals surface area contributed by atoms with E-state index < -0.39 is 0 Å². The Morgan fingerprint density at radius 3 is 2.70 bits per heavy atom. The van der Waals surface area contributed by atoms with Gasteiger partial charge < -0.3 is 15.4 Å². The Balaban J connectivity index is 1.71. The molecule has 0 aliphatic carbocycles. The summed E-state index contributed by atoms with van der Waals surface area (Å²) in [5, 5.41) is 6.89.